The van der Waals surface area contributed by atoms with Gasteiger partial charge in [0, 0.05) is 20.0 Å². The van der Waals surface area contributed by atoms with Gasteiger partial charge < -0.3 is 14.8 Å². The van der Waals surface area contributed by atoms with Crippen molar-refractivity contribution in [3.05, 3.63) is 35.3 Å². The third kappa shape index (κ3) is 5.66. The third-order valence-corrected chi connectivity index (χ3v) is 2.07. The highest BCUT2D eigenvalue weighted by Crippen LogP contribution is 2.07. The Balaban J connectivity index is 3.40. The van der Waals surface area contributed by atoms with E-state index < -0.39 is 73.9 Å². The molecule has 1 aromatic carbocycles. The van der Waals surface area contributed by atoms with E-state index in [1.807, 2.05) is 0 Å². The van der Waals surface area contributed by atoms with Crippen LogP contribution in [0.25, 0.3) is 0 Å². The molecule has 1 aromatic rings. The number of hydrogen-bond acceptors (Lipinski definition) is 3. The molecule has 104 valence electrons. The highest BCUT2D eigenvalue weighted by Gasteiger charge is 2.19. The van der Waals surface area contributed by atoms with Crippen LogP contribution in [0.2, 0.25) is 0 Å². The van der Waals surface area contributed by atoms with Crippen LogP contribution in [-0.2, 0) is 20.8 Å². The molecular formula is C15H21NO3. The van der Waals surface area contributed by atoms with Gasteiger partial charge in [0.25, 0.3) is 0 Å². The summed E-state index contributed by atoms with van der Waals surface area (Å²) in [7, 11) is -3.25. The van der Waals surface area contributed by atoms with Gasteiger partial charge in [0.1, 0.15) is 5.78 Å². The molecule has 0 heterocycles. The molecular weight excluding hydrogens is 242 g/mol. The van der Waals surface area contributed by atoms with Crippen molar-refractivity contribution in [2.24, 2.45) is 5.92 Å². The maximum atomic E-state index is 12.6. The fourth-order valence-electron chi connectivity index (χ4n) is 1.20. The Morgan fingerprint density at radius 1 is 1.47 bits per heavy atom. The lowest BCUT2D eigenvalue weighted by molar-refractivity contribution is -0.130. The van der Waals surface area contributed by atoms with Crippen molar-refractivity contribution in [2.75, 3.05) is 13.6 Å². The zero-order chi connectivity index (χ0) is 23.8. The molecule has 0 aliphatic heterocycles. The average molecular weight is 274 g/mol. The molecule has 1 unspecified atom stereocenters. The smallest absolute Gasteiger partial charge is 0.226 e. The maximum Gasteiger partial charge on any atom is 0.226 e. The first-order valence-electron chi connectivity index (χ1n) is 10.9. The summed E-state index contributed by atoms with van der Waals surface area (Å²) in [5.41, 5.74) is -0.830. The van der Waals surface area contributed by atoms with Crippen molar-refractivity contribution >= 4 is 11.7 Å². The molecule has 1 N–H and O–H groups in total. The Hall–Kier alpha value is -1.68. The average Bonchev–Trinajstić information content (AvgIpc) is 2.53. The van der Waals surface area contributed by atoms with Crippen molar-refractivity contribution in [3.8, 4) is 0 Å². The van der Waals surface area contributed by atoms with Gasteiger partial charge in [-0.25, -0.2) is 0 Å². The highest BCUT2D eigenvalue weighted by molar-refractivity contribution is 5.85. The van der Waals surface area contributed by atoms with Crippen LogP contribution in [0.3, 0.4) is 0 Å². The fourth-order valence-corrected chi connectivity index (χ4v) is 1.20. The summed E-state index contributed by atoms with van der Waals surface area (Å²) < 4.78 is 88.5. The summed E-state index contributed by atoms with van der Waals surface area (Å²) in [6.45, 7) is -3.86. The van der Waals surface area contributed by atoms with Crippen LogP contribution in [0.5, 0.6) is 0 Å². The largest absolute Gasteiger partial charge is 0.384 e. The SMILES string of the molecule is [2H]c1c([2H])c(C([2H])([2H])NC(=O)C(CC(C)=O)C([2H])([2H])OC([2H])([2H])[2H])c([2H])c([2H])c1C. The number of methoxy groups -OCH3 is 1. The number of nitrogens with one attached hydrogen (secondary N) is 1. The third-order valence-electron chi connectivity index (χ3n) is 2.07. The quantitative estimate of drug-likeness (QED) is 0.825. The minimum Gasteiger partial charge on any atom is -0.384 e. The second kappa shape index (κ2) is 7.69. The molecule has 0 fully saturated rings. The van der Waals surface area contributed by atoms with Crippen molar-refractivity contribution in [1.82, 2.24) is 5.32 Å². The number of rotatable bonds is 7. The van der Waals surface area contributed by atoms with Crippen molar-refractivity contribution < 1.29 is 29.4 Å². The molecule has 0 saturated heterocycles. The zero-order valence-electron chi connectivity index (χ0n) is 21.5. The molecule has 4 heteroatoms. The van der Waals surface area contributed by atoms with E-state index in [0.717, 1.165) is 6.92 Å². The summed E-state index contributed by atoms with van der Waals surface area (Å²) in [5, 5.41) is 1.76. The predicted molar refractivity (Wildman–Crippen MR) is 73.7 cm³/mol. The molecule has 0 spiro atoms. The Bertz CT molecular complexity index is 822. The van der Waals surface area contributed by atoms with Crippen molar-refractivity contribution in [2.45, 2.75) is 26.8 Å². The molecule has 0 aromatic heterocycles. The number of carbonyl (C=O) groups is 2. The minimum absolute atomic E-state index is 0.0345. The van der Waals surface area contributed by atoms with Gasteiger partial charge in [0.2, 0.25) is 5.91 Å². The number of benzene rings is 1. The maximum absolute atomic E-state index is 12.6. The zero-order valence-corrected chi connectivity index (χ0v) is 10.5. The molecule has 0 radical (unpaired) electrons. The number of ether oxygens (including phenoxy) is 1. The Labute approximate surface area is 129 Å². The lowest BCUT2D eigenvalue weighted by Crippen LogP contribution is -2.33. The lowest BCUT2D eigenvalue weighted by Gasteiger charge is -2.14. The van der Waals surface area contributed by atoms with E-state index in [0.29, 0.717) is 0 Å². The summed E-state index contributed by atoms with van der Waals surface area (Å²) in [4.78, 5) is 24.1. The fraction of sp³-hybridized carbons (Fsp3) is 0.467. The molecule has 19 heavy (non-hydrogen) atoms. The van der Waals surface area contributed by atoms with Crippen LogP contribution in [-0.4, -0.2) is 25.3 Å². The molecule has 0 saturated carbocycles. The molecule has 0 bridgehead atoms. The molecule has 0 aliphatic rings. The van der Waals surface area contributed by atoms with Crippen LogP contribution in [0.4, 0.5) is 0 Å². The lowest BCUT2D eigenvalue weighted by atomic mass is 10.0. The number of ketones is 1. The first-order valence-corrected chi connectivity index (χ1v) is 5.41. The second-order valence-electron chi connectivity index (χ2n) is 3.79. The van der Waals surface area contributed by atoms with E-state index in [2.05, 4.69) is 4.74 Å². The molecule has 1 rings (SSSR count). The number of hydrogen-bond donors (Lipinski definition) is 1. The Morgan fingerprint density at radius 2 is 2.16 bits per heavy atom. The first-order chi connectivity index (χ1) is 13.3. The van der Waals surface area contributed by atoms with Gasteiger partial charge >= 0.3 is 0 Å². The van der Waals surface area contributed by atoms with Gasteiger partial charge in [0.15, 0.2) is 0 Å². The van der Waals surface area contributed by atoms with E-state index in [4.69, 9.17) is 15.1 Å². The summed E-state index contributed by atoms with van der Waals surface area (Å²) in [6, 6.07) is -2.54. The van der Waals surface area contributed by atoms with Crippen molar-refractivity contribution in [1.29, 1.82) is 0 Å². The number of amides is 1. The van der Waals surface area contributed by atoms with Crippen LogP contribution >= 0.6 is 0 Å². The van der Waals surface area contributed by atoms with Gasteiger partial charge in [-0.05, 0) is 19.4 Å². The summed E-state index contributed by atoms with van der Waals surface area (Å²) in [5.74, 6) is -4.21. The van der Waals surface area contributed by atoms with Crippen LogP contribution in [0.1, 0.15) is 39.5 Å². The van der Waals surface area contributed by atoms with Gasteiger partial charge in [-0.1, -0.05) is 29.7 Å². The number of carbonyl (C=O) groups excluding carboxylic acids is 2. The first kappa shape index (κ1) is 5.75. The topological polar surface area (TPSA) is 55.4 Å². The van der Waals surface area contributed by atoms with Gasteiger partial charge in [-0.2, -0.15) is 0 Å². The van der Waals surface area contributed by atoms with Crippen LogP contribution < -0.4 is 5.32 Å². The second-order valence-corrected chi connectivity index (χ2v) is 3.79. The van der Waals surface area contributed by atoms with E-state index in [9.17, 15) is 9.59 Å². The Morgan fingerprint density at radius 3 is 2.74 bits per heavy atom. The minimum atomic E-state index is -3.25. The summed E-state index contributed by atoms with van der Waals surface area (Å²) in [6.07, 6.45) is -0.812. The van der Waals surface area contributed by atoms with Crippen LogP contribution in [0.15, 0.2) is 24.2 Å². The van der Waals surface area contributed by atoms with Crippen molar-refractivity contribution in [3.63, 3.8) is 0 Å². The van der Waals surface area contributed by atoms with Crippen LogP contribution in [0, 0.1) is 12.8 Å². The monoisotopic (exact) mass is 274 g/mol. The van der Waals surface area contributed by atoms with Gasteiger partial charge in [-0.3, -0.25) is 4.79 Å². The van der Waals surface area contributed by atoms with E-state index in [1.54, 1.807) is 5.32 Å². The summed E-state index contributed by atoms with van der Waals surface area (Å²) >= 11 is 0. The molecule has 1 amide bonds. The van der Waals surface area contributed by atoms with Gasteiger partial charge in [-0.15, -0.1) is 0 Å². The molecule has 4 nitrogen and oxygen atoms in total. The van der Waals surface area contributed by atoms with E-state index in [-0.39, 0.29) is 5.56 Å². The van der Waals surface area contributed by atoms with E-state index in [1.165, 1.54) is 6.92 Å². The van der Waals surface area contributed by atoms with Gasteiger partial charge in [0.05, 0.1) is 27.6 Å². The number of Topliss-reactive ketones (excluding diaryl/α,β-unsaturated/α-hetero) is 1. The highest BCUT2D eigenvalue weighted by atomic mass is 16.5. The normalized spacial score (nSPS) is 22.5. The van der Waals surface area contributed by atoms with E-state index >= 15 is 0 Å². The predicted octanol–water partition coefficient (Wildman–Crippen LogP) is 1.85. The molecule has 1 atom stereocenters. The molecule has 0 aliphatic carbocycles. The standard InChI is InChI=1S/C15H21NO3/c1-11-4-6-13(7-5-11)9-16-15(18)14(10-19-3)8-12(2)17/h4-7,14H,8-10H2,1-3H3,(H,16,18)/i3D3,4D,5D,6D,7D,9D2,10D2. The Kier molecular flexibility index (Phi) is 2.33.